The van der Waals surface area contributed by atoms with E-state index >= 15 is 0 Å². The molecule has 0 saturated heterocycles. The summed E-state index contributed by atoms with van der Waals surface area (Å²) >= 11 is 3.06. The second-order valence-corrected chi connectivity index (χ2v) is 6.01. The summed E-state index contributed by atoms with van der Waals surface area (Å²) in [4.78, 5) is -0.365. The van der Waals surface area contributed by atoms with Gasteiger partial charge < -0.3 is 4.74 Å². The van der Waals surface area contributed by atoms with E-state index in [2.05, 4.69) is 27.2 Å². The number of nitrogens with one attached hydrogen (secondary N) is 1. The van der Waals surface area contributed by atoms with Crippen LogP contribution in [0.15, 0.2) is 40.4 Å². The molecule has 0 heterocycles. The fourth-order valence-electron chi connectivity index (χ4n) is 1.22. The van der Waals surface area contributed by atoms with Gasteiger partial charge >= 0.3 is 0 Å². The van der Waals surface area contributed by atoms with Crippen molar-refractivity contribution in [2.24, 2.45) is 0 Å². The first-order valence-corrected chi connectivity index (χ1v) is 7.42. The summed E-state index contributed by atoms with van der Waals surface area (Å²) in [7, 11) is -3.82. The van der Waals surface area contributed by atoms with E-state index in [1.54, 1.807) is 0 Å². The predicted octanol–water partition coefficient (Wildman–Crippen LogP) is 2.42. The molecular formula is C11H13BrFNO3S. The second-order valence-electron chi connectivity index (χ2n) is 3.36. The van der Waals surface area contributed by atoms with Crippen LogP contribution in [0.1, 0.15) is 6.42 Å². The van der Waals surface area contributed by atoms with E-state index in [-0.39, 0.29) is 11.4 Å². The van der Waals surface area contributed by atoms with Crippen LogP contribution in [0.4, 0.5) is 4.39 Å². The van der Waals surface area contributed by atoms with Crippen LogP contribution in [0.25, 0.3) is 0 Å². The van der Waals surface area contributed by atoms with Crippen LogP contribution < -0.4 is 4.72 Å². The third-order valence-electron chi connectivity index (χ3n) is 2.03. The van der Waals surface area contributed by atoms with Gasteiger partial charge in [0.1, 0.15) is 10.7 Å². The van der Waals surface area contributed by atoms with Crippen molar-refractivity contribution in [3.8, 4) is 0 Å². The lowest BCUT2D eigenvalue weighted by Crippen LogP contribution is -2.26. The molecule has 18 heavy (non-hydrogen) atoms. The van der Waals surface area contributed by atoms with Crippen molar-refractivity contribution < 1.29 is 17.5 Å². The number of ether oxygens (including phenoxy) is 1. The molecule has 0 aliphatic rings. The standard InChI is InChI=1S/C11H13BrFNO3S/c1-2-17-7-3-6-14-18(15,16)11-5-4-9(12)8-10(11)13/h2,4-5,8,14H,1,3,6-7H2. The van der Waals surface area contributed by atoms with Gasteiger partial charge in [0.15, 0.2) is 0 Å². The van der Waals surface area contributed by atoms with Gasteiger partial charge in [0.25, 0.3) is 0 Å². The van der Waals surface area contributed by atoms with Crippen LogP contribution in [0.5, 0.6) is 0 Å². The molecule has 100 valence electrons. The Kier molecular flexibility index (Phi) is 5.77. The minimum absolute atomic E-state index is 0.172. The molecule has 0 spiro atoms. The van der Waals surface area contributed by atoms with E-state index in [0.29, 0.717) is 17.5 Å². The summed E-state index contributed by atoms with van der Waals surface area (Å²) in [5, 5.41) is 0. The van der Waals surface area contributed by atoms with Crippen LogP contribution in [0.2, 0.25) is 0 Å². The predicted molar refractivity (Wildman–Crippen MR) is 70.1 cm³/mol. The van der Waals surface area contributed by atoms with Crippen LogP contribution in [-0.4, -0.2) is 21.6 Å². The van der Waals surface area contributed by atoms with Crippen molar-refractivity contribution in [2.75, 3.05) is 13.2 Å². The van der Waals surface area contributed by atoms with Gasteiger partial charge in [-0.2, -0.15) is 0 Å². The highest BCUT2D eigenvalue weighted by atomic mass is 79.9. The average molecular weight is 338 g/mol. The zero-order valence-electron chi connectivity index (χ0n) is 9.53. The first-order chi connectivity index (χ1) is 8.47. The van der Waals surface area contributed by atoms with E-state index in [1.807, 2.05) is 0 Å². The molecule has 0 fully saturated rings. The normalized spacial score (nSPS) is 11.2. The monoisotopic (exact) mass is 337 g/mol. The molecule has 1 aromatic carbocycles. The maximum Gasteiger partial charge on any atom is 0.243 e. The molecule has 4 nitrogen and oxygen atoms in total. The lowest BCUT2D eigenvalue weighted by atomic mass is 10.3. The van der Waals surface area contributed by atoms with E-state index in [4.69, 9.17) is 4.74 Å². The SMILES string of the molecule is C=COCCCNS(=O)(=O)c1ccc(Br)cc1F. The van der Waals surface area contributed by atoms with Gasteiger partial charge in [-0.3, -0.25) is 0 Å². The summed E-state index contributed by atoms with van der Waals surface area (Å²) in [6, 6.07) is 3.79. The first-order valence-electron chi connectivity index (χ1n) is 5.14. The topological polar surface area (TPSA) is 55.4 Å². The van der Waals surface area contributed by atoms with Crippen LogP contribution >= 0.6 is 15.9 Å². The van der Waals surface area contributed by atoms with E-state index in [1.165, 1.54) is 18.4 Å². The van der Waals surface area contributed by atoms with E-state index in [9.17, 15) is 12.8 Å². The first kappa shape index (κ1) is 15.1. The quantitative estimate of drug-likeness (QED) is 0.614. The Hall–Kier alpha value is -0.920. The van der Waals surface area contributed by atoms with Gasteiger partial charge in [-0.1, -0.05) is 22.5 Å². The highest BCUT2D eigenvalue weighted by molar-refractivity contribution is 9.10. The van der Waals surface area contributed by atoms with E-state index in [0.717, 1.165) is 6.07 Å². The zero-order chi connectivity index (χ0) is 13.6. The van der Waals surface area contributed by atoms with Crippen LogP contribution in [0, 0.1) is 5.82 Å². The van der Waals surface area contributed by atoms with Crippen molar-refractivity contribution in [2.45, 2.75) is 11.3 Å². The molecule has 7 heteroatoms. The Morgan fingerprint density at radius 3 is 2.83 bits per heavy atom. The van der Waals surface area contributed by atoms with Crippen molar-refractivity contribution in [3.63, 3.8) is 0 Å². The zero-order valence-corrected chi connectivity index (χ0v) is 11.9. The molecule has 0 unspecified atom stereocenters. The van der Waals surface area contributed by atoms with Crippen molar-refractivity contribution in [1.82, 2.24) is 4.72 Å². The largest absolute Gasteiger partial charge is 0.502 e. The highest BCUT2D eigenvalue weighted by Gasteiger charge is 2.18. The fraction of sp³-hybridized carbons (Fsp3) is 0.273. The number of hydrogen-bond acceptors (Lipinski definition) is 3. The fourth-order valence-corrected chi connectivity index (χ4v) is 2.68. The molecular weight excluding hydrogens is 325 g/mol. The Bertz CT molecular complexity index is 519. The smallest absolute Gasteiger partial charge is 0.243 e. The molecule has 0 aromatic heterocycles. The minimum Gasteiger partial charge on any atom is -0.502 e. The lowest BCUT2D eigenvalue weighted by Gasteiger charge is -2.07. The third kappa shape index (κ3) is 4.40. The van der Waals surface area contributed by atoms with Gasteiger partial charge in [-0.15, -0.1) is 0 Å². The Morgan fingerprint density at radius 2 is 2.22 bits per heavy atom. The molecule has 0 bridgehead atoms. The molecule has 0 radical (unpaired) electrons. The van der Waals surface area contributed by atoms with Crippen LogP contribution in [0.3, 0.4) is 0 Å². The molecule has 0 amide bonds. The summed E-state index contributed by atoms with van der Waals surface area (Å²) in [6.45, 7) is 3.89. The summed E-state index contributed by atoms with van der Waals surface area (Å²) < 4.78 is 44.7. The van der Waals surface area contributed by atoms with Gasteiger partial charge in [0, 0.05) is 11.0 Å². The maximum absolute atomic E-state index is 13.5. The number of sulfonamides is 1. The second kappa shape index (κ2) is 6.86. The molecule has 1 aromatic rings. The van der Waals surface area contributed by atoms with Crippen LogP contribution in [-0.2, 0) is 14.8 Å². The maximum atomic E-state index is 13.5. The molecule has 0 atom stereocenters. The Morgan fingerprint density at radius 1 is 1.50 bits per heavy atom. The van der Waals surface area contributed by atoms with E-state index < -0.39 is 15.8 Å². The summed E-state index contributed by atoms with van der Waals surface area (Å²) in [5.41, 5.74) is 0. The average Bonchev–Trinajstić information content (AvgIpc) is 2.28. The van der Waals surface area contributed by atoms with Gasteiger partial charge in [-0.25, -0.2) is 17.5 Å². The van der Waals surface area contributed by atoms with Crippen molar-refractivity contribution in [3.05, 3.63) is 41.3 Å². The molecule has 0 saturated carbocycles. The summed E-state index contributed by atoms with van der Waals surface area (Å²) in [6.07, 6.45) is 1.76. The van der Waals surface area contributed by atoms with Gasteiger partial charge in [0.2, 0.25) is 10.0 Å². The third-order valence-corrected chi connectivity index (χ3v) is 4.02. The number of benzene rings is 1. The molecule has 0 aliphatic carbocycles. The molecule has 1 rings (SSSR count). The minimum atomic E-state index is -3.82. The van der Waals surface area contributed by atoms with Gasteiger partial charge in [-0.05, 0) is 24.6 Å². The summed E-state index contributed by atoms with van der Waals surface area (Å²) in [5.74, 6) is -0.792. The molecule has 1 N–H and O–H groups in total. The Balaban J connectivity index is 2.65. The number of rotatable bonds is 7. The highest BCUT2D eigenvalue weighted by Crippen LogP contribution is 2.19. The van der Waals surface area contributed by atoms with Crippen molar-refractivity contribution in [1.29, 1.82) is 0 Å². The molecule has 0 aliphatic heterocycles. The number of hydrogen-bond donors (Lipinski definition) is 1. The lowest BCUT2D eigenvalue weighted by molar-refractivity contribution is 0.247. The Labute approximate surface area is 114 Å². The van der Waals surface area contributed by atoms with Crippen molar-refractivity contribution >= 4 is 26.0 Å². The van der Waals surface area contributed by atoms with Gasteiger partial charge in [0.05, 0.1) is 12.9 Å². The number of halogens is 2.